The van der Waals surface area contributed by atoms with E-state index in [9.17, 15) is 0 Å². The number of para-hydroxylation sites is 1. The summed E-state index contributed by atoms with van der Waals surface area (Å²) in [6, 6.07) is 11.2. The largest absolute Gasteiger partial charge is 0.355 e. The second kappa shape index (κ2) is 7.08. The van der Waals surface area contributed by atoms with Crippen LogP contribution in [0.25, 0.3) is 10.9 Å². The van der Waals surface area contributed by atoms with Crippen molar-refractivity contribution in [2.75, 3.05) is 25.0 Å². The summed E-state index contributed by atoms with van der Waals surface area (Å²) in [4.78, 5) is 13.6. The molecular weight excluding hydrogens is 322 g/mol. The van der Waals surface area contributed by atoms with Gasteiger partial charge in [0.2, 0.25) is 0 Å². The summed E-state index contributed by atoms with van der Waals surface area (Å²) in [7, 11) is 4.30. The van der Waals surface area contributed by atoms with Gasteiger partial charge in [0.25, 0.3) is 0 Å². The molecule has 4 rings (SSSR count). The summed E-state index contributed by atoms with van der Waals surface area (Å²) in [5.41, 5.74) is 3.75. The highest BCUT2D eigenvalue weighted by Crippen LogP contribution is 2.25. The lowest BCUT2D eigenvalue weighted by atomic mass is 10.0. The maximum atomic E-state index is 4.46. The van der Waals surface area contributed by atoms with Gasteiger partial charge in [-0.1, -0.05) is 18.2 Å². The van der Waals surface area contributed by atoms with Gasteiger partial charge in [0.1, 0.15) is 12.1 Å². The number of likely N-dealkylation sites (N-methyl/N-ethyl adjacent to an activating group) is 1. The molecular formula is C21H27N5. The Bertz CT molecular complexity index is 900. The molecule has 26 heavy (non-hydrogen) atoms. The number of piperidine rings is 1. The Balaban J connectivity index is 1.50. The second-order valence-corrected chi connectivity index (χ2v) is 7.44. The van der Waals surface area contributed by atoms with E-state index >= 15 is 0 Å². The van der Waals surface area contributed by atoms with E-state index in [-0.39, 0.29) is 0 Å². The fourth-order valence-electron chi connectivity index (χ4n) is 4.10. The molecule has 5 nitrogen and oxygen atoms in total. The minimum absolute atomic E-state index is 0.494. The predicted molar refractivity (Wildman–Crippen MR) is 106 cm³/mol. The van der Waals surface area contributed by atoms with Crippen molar-refractivity contribution in [3.8, 4) is 0 Å². The second-order valence-electron chi connectivity index (χ2n) is 7.44. The highest BCUT2D eigenvalue weighted by molar-refractivity contribution is 5.83. The normalized spacial score (nSPS) is 18.3. The number of likely N-dealkylation sites (tertiary alicyclic amines) is 1. The molecule has 0 radical (unpaired) electrons. The van der Waals surface area contributed by atoms with Gasteiger partial charge >= 0.3 is 0 Å². The fraction of sp³-hybridized carbons (Fsp3) is 0.429. The Morgan fingerprint density at radius 2 is 2.08 bits per heavy atom. The Labute approximate surface area is 155 Å². The van der Waals surface area contributed by atoms with E-state index in [1.807, 2.05) is 6.92 Å². The molecule has 0 saturated carbocycles. The topological polar surface area (TPSA) is 37.2 Å². The zero-order valence-corrected chi connectivity index (χ0v) is 15.9. The summed E-state index contributed by atoms with van der Waals surface area (Å²) in [6.07, 6.45) is 6.39. The third kappa shape index (κ3) is 3.31. The van der Waals surface area contributed by atoms with E-state index < -0.39 is 0 Å². The van der Waals surface area contributed by atoms with Crippen LogP contribution in [0.15, 0.2) is 42.9 Å². The summed E-state index contributed by atoms with van der Waals surface area (Å²) >= 11 is 0. The summed E-state index contributed by atoms with van der Waals surface area (Å²) in [5, 5.41) is 1.37. The maximum absolute atomic E-state index is 4.46. The Morgan fingerprint density at radius 1 is 1.23 bits per heavy atom. The molecule has 1 aliphatic heterocycles. The van der Waals surface area contributed by atoms with Gasteiger partial charge in [0.05, 0.1) is 0 Å². The molecule has 3 aromatic rings. The first kappa shape index (κ1) is 17.0. The SMILES string of the molecule is Cc1cc(N(C)C2CCCN(Cc3cn(C)c4ccccc34)C2)ncn1. The number of benzene rings is 1. The van der Waals surface area contributed by atoms with Crippen LogP contribution in [0.2, 0.25) is 0 Å². The fourth-order valence-corrected chi connectivity index (χ4v) is 4.10. The average Bonchev–Trinajstić information content (AvgIpc) is 2.97. The van der Waals surface area contributed by atoms with Crippen LogP contribution in [0, 0.1) is 6.92 Å². The molecule has 1 saturated heterocycles. The summed E-state index contributed by atoms with van der Waals surface area (Å²) in [6.45, 7) is 5.26. The van der Waals surface area contributed by atoms with Gasteiger partial charge in [-0.3, -0.25) is 4.90 Å². The quantitative estimate of drug-likeness (QED) is 0.724. The minimum atomic E-state index is 0.494. The van der Waals surface area contributed by atoms with Gasteiger partial charge in [-0.15, -0.1) is 0 Å². The van der Waals surface area contributed by atoms with Crippen LogP contribution in [0.5, 0.6) is 0 Å². The number of hydrogen-bond donors (Lipinski definition) is 0. The first-order chi connectivity index (χ1) is 12.6. The highest BCUT2D eigenvalue weighted by Gasteiger charge is 2.25. The van der Waals surface area contributed by atoms with Gasteiger partial charge in [-0.05, 0) is 37.9 Å². The number of hydrogen-bond acceptors (Lipinski definition) is 4. The lowest BCUT2D eigenvalue weighted by molar-refractivity contribution is 0.199. The third-order valence-corrected chi connectivity index (χ3v) is 5.55. The van der Waals surface area contributed by atoms with Crippen molar-refractivity contribution in [2.45, 2.75) is 32.4 Å². The van der Waals surface area contributed by atoms with Crippen LogP contribution >= 0.6 is 0 Å². The lowest BCUT2D eigenvalue weighted by Crippen LogP contribution is -2.46. The van der Waals surface area contributed by atoms with Crippen molar-refractivity contribution in [1.82, 2.24) is 19.4 Å². The van der Waals surface area contributed by atoms with Crippen molar-refractivity contribution in [3.05, 3.63) is 54.1 Å². The van der Waals surface area contributed by atoms with Gasteiger partial charge < -0.3 is 9.47 Å². The molecule has 5 heteroatoms. The molecule has 2 aromatic heterocycles. The summed E-state index contributed by atoms with van der Waals surface area (Å²) < 4.78 is 2.24. The smallest absolute Gasteiger partial charge is 0.132 e. The monoisotopic (exact) mass is 349 g/mol. The number of anilines is 1. The zero-order valence-electron chi connectivity index (χ0n) is 15.9. The first-order valence-corrected chi connectivity index (χ1v) is 9.38. The van der Waals surface area contributed by atoms with Crippen LogP contribution < -0.4 is 4.90 Å². The molecule has 1 aliphatic rings. The average molecular weight is 349 g/mol. The molecule has 136 valence electrons. The molecule has 3 heterocycles. The van der Waals surface area contributed by atoms with Gasteiger partial charge in [-0.2, -0.15) is 0 Å². The van der Waals surface area contributed by atoms with Crippen LogP contribution in [-0.2, 0) is 13.6 Å². The van der Waals surface area contributed by atoms with E-state index in [1.165, 1.54) is 29.3 Å². The van der Waals surface area contributed by atoms with E-state index in [0.717, 1.165) is 31.1 Å². The number of aryl methyl sites for hydroxylation is 2. The standard InChI is InChI=1S/C21H27N5/c1-16-11-21(23-15-22-16)25(3)18-7-6-10-26(14-18)13-17-12-24(2)20-9-5-4-8-19(17)20/h4-5,8-9,11-12,15,18H,6-7,10,13-14H2,1-3H3. The van der Waals surface area contributed by atoms with E-state index in [0.29, 0.717) is 6.04 Å². The third-order valence-electron chi connectivity index (χ3n) is 5.55. The Morgan fingerprint density at radius 3 is 2.92 bits per heavy atom. The molecule has 1 aromatic carbocycles. The molecule has 1 fully saturated rings. The van der Waals surface area contributed by atoms with E-state index in [2.05, 4.69) is 75.0 Å². The minimum Gasteiger partial charge on any atom is -0.355 e. The summed E-state index contributed by atoms with van der Waals surface area (Å²) in [5.74, 6) is 1.02. The highest BCUT2D eigenvalue weighted by atomic mass is 15.2. The Hall–Kier alpha value is -2.40. The van der Waals surface area contributed by atoms with Crippen molar-refractivity contribution in [2.24, 2.45) is 7.05 Å². The first-order valence-electron chi connectivity index (χ1n) is 9.38. The number of aromatic nitrogens is 3. The molecule has 0 N–H and O–H groups in total. The van der Waals surface area contributed by atoms with Gasteiger partial charge in [0, 0.05) is 62.1 Å². The zero-order chi connectivity index (χ0) is 18.1. The number of nitrogens with zero attached hydrogens (tertiary/aromatic N) is 5. The van der Waals surface area contributed by atoms with Crippen LogP contribution in [-0.4, -0.2) is 45.6 Å². The van der Waals surface area contributed by atoms with E-state index in [4.69, 9.17) is 0 Å². The molecule has 0 amide bonds. The van der Waals surface area contributed by atoms with E-state index in [1.54, 1.807) is 6.33 Å². The molecule has 0 bridgehead atoms. The lowest BCUT2D eigenvalue weighted by Gasteiger charge is -2.38. The molecule has 1 atom stereocenters. The Kier molecular flexibility index (Phi) is 4.64. The molecule has 0 spiro atoms. The van der Waals surface area contributed by atoms with Crippen molar-refractivity contribution < 1.29 is 0 Å². The number of rotatable bonds is 4. The van der Waals surface area contributed by atoms with Crippen LogP contribution in [0.4, 0.5) is 5.82 Å². The molecule has 1 unspecified atom stereocenters. The van der Waals surface area contributed by atoms with Gasteiger partial charge in [0.15, 0.2) is 0 Å². The van der Waals surface area contributed by atoms with Gasteiger partial charge in [-0.25, -0.2) is 9.97 Å². The maximum Gasteiger partial charge on any atom is 0.132 e. The van der Waals surface area contributed by atoms with Crippen molar-refractivity contribution in [3.63, 3.8) is 0 Å². The van der Waals surface area contributed by atoms with Crippen LogP contribution in [0.3, 0.4) is 0 Å². The van der Waals surface area contributed by atoms with Crippen molar-refractivity contribution in [1.29, 1.82) is 0 Å². The molecule has 0 aliphatic carbocycles. The van der Waals surface area contributed by atoms with Crippen molar-refractivity contribution >= 4 is 16.7 Å². The number of fused-ring (bicyclic) bond motifs is 1. The van der Waals surface area contributed by atoms with Crippen LogP contribution in [0.1, 0.15) is 24.1 Å². The predicted octanol–water partition coefficient (Wildman–Crippen LogP) is 3.38.